The summed E-state index contributed by atoms with van der Waals surface area (Å²) in [6.45, 7) is 5.74. The van der Waals surface area contributed by atoms with E-state index in [4.69, 9.17) is 10.5 Å². The number of amides is 2. The van der Waals surface area contributed by atoms with Gasteiger partial charge in [0, 0.05) is 25.7 Å². The quantitative estimate of drug-likeness (QED) is 0.858. The number of nitrogens with zero attached hydrogens (tertiary/aromatic N) is 2. The number of piperazine rings is 1. The van der Waals surface area contributed by atoms with Gasteiger partial charge in [0.1, 0.15) is 11.8 Å². The number of carbonyl (C=O) groups excluding carboxylic acids is 2. The van der Waals surface area contributed by atoms with Gasteiger partial charge in [0.2, 0.25) is 5.91 Å². The van der Waals surface area contributed by atoms with Gasteiger partial charge in [-0.15, -0.1) is 0 Å². The van der Waals surface area contributed by atoms with E-state index in [1.165, 1.54) is 4.90 Å². The number of ether oxygens (including phenoxy) is 1. The van der Waals surface area contributed by atoms with Crippen molar-refractivity contribution in [1.82, 2.24) is 9.80 Å². The Morgan fingerprint density at radius 2 is 1.95 bits per heavy atom. The lowest BCUT2D eigenvalue weighted by Gasteiger charge is -2.41. The van der Waals surface area contributed by atoms with Crippen LogP contribution in [0.4, 0.5) is 0 Å². The van der Waals surface area contributed by atoms with E-state index in [0.29, 0.717) is 24.9 Å². The van der Waals surface area contributed by atoms with Crippen molar-refractivity contribution in [3.05, 3.63) is 30.3 Å². The molecule has 2 rings (SSSR count). The van der Waals surface area contributed by atoms with Gasteiger partial charge in [0.15, 0.2) is 6.61 Å². The molecule has 1 aromatic carbocycles. The van der Waals surface area contributed by atoms with Crippen molar-refractivity contribution in [2.45, 2.75) is 25.9 Å². The highest BCUT2D eigenvalue weighted by molar-refractivity contribution is 5.87. The third kappa shape index (κ3) is 3.98. The molecule has 0 aliphatic carbocycles. The molecular weight excluding hydrogens is 282 g/mol. The monoisotopic (exact) mass is 305 g/mol. The van der Waals surface area contributed by atoms with Crippen LogP contribution in [0, 0.1) is 0 Å². The minimum absolute atomic E-state index is 0.0878. The number of hydrogen-bond donors (Lipinski definition) is 1. The lowest BCUT2D eigenvalue weighted by Crippen LogP contribution is -2.61. The molecule has 1 fully saturated rings. The van der Waals surface area contributed by atoms with Crippen molar-refractivity contribution in [1.29, 1.82) is 0 Å². The van der Waals surface area contributed by atoms with Gasteiger partial charge in [0.05, 0.1) is 0 Å². The molecule has 6 heteroatoms. The molecule has 0 saturated carbocycles. The summed E-state index contributed by atoms with van der Waals surface area (Å²) in [4.78, 5) is 27.7. The van der Waals surface area contributed by atoms with Crippen LogP contribution in [0.1, 0.15) is 13.8 Å². The number of hydrogen-bond acceptors (Lipinski definition) is 4. The van der Waals surface area contributed by atoms with E-state index >= 15 is 0 Å². The molecule has 1 aromatic rings. The molecule has 0 spiro atoms. The molecule has 1 atom stereocenters. The van der Waals surface area contributed by atoms with E-state index in [2.05, 4.69) is 18.7 Å². The molecule has 0 bridgehead atoms. The maximum Gasteiger partial charge on any atom is 0.261 e. The van der Waals surface area contributed by atoms with Crippen LogP contribution < -0.4 is 10.5 Å². The van der Waals surface area contributed by atoms with Gasteiger partial charge in [-0.25, -0.2) is 0 Å². The zero-order valence-corrected chi connectivity index (χ0v) is 13.1. The van der Waals surface area contributed by atoms with E-state index in [0.717, 1.165) is 6.54 Å². The zero-order valence-electron chi connectivity index (χ0n) is 13.1. The van der Waals surface area contributed by atoms with Crippen LogP contribution in [0.25, 0.3) is 0 Å². The highest BCUT2D eigenvalue weighted by atomic mass is 16.5. The van der Waals surface area contributed by atoms with Crippen LogP contribution in [0.3, 0.4) is 0 Å². The summed E-state index contributed by atoms with van der Waals surface area (Å²) in [5.41, 5.74) is 5.46. The maximum absolute atomic E-state index is 12.3. The van der Waals surface area contributed by atoms with E-state index in [1.54, 1.807) is 12.1 Å². The molecule has 0 aromatic heterocycles. The fourth-order valence-electron chi connectivity index (χ4n) is 2.56. The first-order chi connectivity index (χ1) is 10.5. The van der Waals surface area contributed by atoms with Crippen LogP contribution in [-0.2, 0) is 9.59 Å². The minimum Gasteiger partial charge on any atom is -0.484 e. The summed E-state index contributed by atoms with van der Waals surface area (Å²) >= 11 is 0. The Morgan fingerprint density at radius 1 is 1.27 bits per heavy atom. The van der Waals surface area contributed by atoms with Crippen LogP contribution in [0.15, 0.2) is 30.3 Å². The average Bonchev–Trinajstić information content (AvgIpc) is 2.52. The Kier molecular flexibility index (Phi) is 5.38. The smallest absolute Gasteiger partial charge is 0.261 e. The topological polar surface area (TPSA) is 75.9 Å². The van der Waals surface area contributed by atoms with Gasteiger partial charge in [-0.05, 0) is 26.0 Å². The van der Waals surface area contributed by atoms with Gasteiger partial charge < -0.3 is 15.4 Å². The minimum atomic E-state index is -0.594. The first kappa shape index (κ1) is 16.3. The van der Waals surface area contributed by atoms with E-state index in [1.807, 2.05) is 18.2 Å². The summed E-state index contributed by atoms with van der Waals surface area (Å²) < 4.78 is 5.47. The van der Waals surface area contributed by atoms with Gasteiger partial charge in [-0.1, -0.05) is 18.2 Å². The number of carbonyl (C=O) groups is 2. The number of rotatable bonds is 5. The SMILES string of the molecule is CC(C)N1CCN(C(=O)COc2ccccc2)[C@@H](C(N)=O)C1. The van der Waals surface area contributed by atoms with Crippen LogP contribution in [-0.4, -0.2) is 59.9 Å². The lowest BCUT2D eigenvalue weighted by molar-refractivity contribution is -0.144. The Balaban J connectivity index is 1.97. The summed E-state index contributed by atoms with van der Waals surface area (Å²) in [6, 6.07) is 8.86. The summed E-state index contributed by atoms with van der Waals surface area (Å²) in [5, 5.41) is 0. The predicted octanol–water partition coefficient (Wildman–Crippen LogP) is 0.472. The predicted molar refractivity (Wildman–Crippen MR) is 83.3 cm³/mol. The fourth-order valence-corrected chi connectivity index (χ4v) is 2.56. The number of primary amides is 1. The van der Waals surface area contributed by atoms with Crippen molar-refractivity contribution >= 4 is 11.8 Å². The Hall–Kier alpha value is -2.08. The largest absolute Gasteiger partial charge is 0.484 e. The molecule has 1 aliphatic rings. The number of nitrogens with two attached hydrogens (primary N) is 1. The van der Waals surface area contributed by atoms with Gasteiger partial charge in [0.25, 0.3) is 5.91 Å². The van der Waals surface area contributed by atoms with Crippen molar-refractivity contribution in [2.24, 2.45) is 5.73 Å². The molecule has 2 amide bonds. The molecule has 0 radical (unpaired) electrons. The number of para-hydroxylation sites is 1. The average molecular weight is 305 g/mol. The standard InChI is InChI=1S/C16H23N3O3/c1-12(2)18-8-9-19(14(10-18)16(17)21)15(20)11-22-13-6-4-3-5-7-13/h3-7,12,14H,8-11H2,1-2H3,(H2,17,21)/t14-/m1/s1. The maximum atomic E-state index is 12.3. The summed E-state index contributed by atoms with van der Waals surface area (Å²) in [6.07, 6.45) is 0. The summed E-state index contributed by atoms with van der Waals surface area (Å²) in [7, 11) is 0. The lowest BCUT2D eigenvalue weighted by atomic mass is 10.1. The van der Waals surface area contributed by atoms with Gasteiger partial charge in [-0.3, -0.25) is 14.5 Å². The molecular formula is C16H23N3O3. The Morgan fingerprint density at radius 3 is 2.55 bits per heavy atom. The van der Waals surface area contributed by atoms with Crippen LogP contribution in [0.5, 0.6) is 5.75 Å². The normalized spacial score (nSPS) is 19.2. The van der Waals surface area contributed by atoms with Crippen molar-refractivity contribution in [3.63, 3.8) is 0 Å². The molecule has 0 unspecified atom stereocenters. The second-order valence-electron chi connectivity index (χ2n) is 5.70. The highest BCUT2D eigenvalue weighted by Crippen LogP contribution is 2.14. The van der Waals surface area contributed by atoms with Crippen molar-refractivity contribution in [3.8, 4) is 5.75 Å². The van der Waals surface area contributed by atoms with E-state index in [-0.39, 0.29) is 12.5 Å². The summed E-state index contributed by atoms with van der Waals surface area (Å²) in [5.74, 6) is -0.0539. The van der Waals surface area contributed by atoms with Crippen molar-refractivity contribution < 1.29 is 14.3 Å². The first-order valence-corrected chi connectivity index (χ1v) is 7.49. The molecule has 1 heterocycles. The molecule has 2 N–H and O–H groups in total. The Bertz CT molecular complexity index is 519. The fraction of sp³-hybridized carbons (Fsp3) is 0.500. The second kappa shape index (κ2) is 7.26. The van der Waals surface area contributed by atoms with Crippen LogP contribution >= 0.6 is 0 Å². The number of benzene rings is 1. The molecule has 1 aliphatic heterocycles. The first-order valence-electron chi connectivity index (χ1n) is 7.49. The van der Waals surface area contributed by atoms with Gasteiger partial charge in [-0.2, -0.15) is 0 Å². The van der Waals surface area contributed by atoms with Crippen LogP contribution in [0.2, 0.25) is 0 Å². The molecule has 6 nitrogen and oxygen atoms in total. The third-order valence-electron chi connectivity index (χ3n) is 3.90. The van der Waals surface area contributed by atoms with E-state index in [9.17, 15) is 9.59 Å². The van der Waals surface area contributed by atoms with Crippen molar-refractivity contribution in [2.75, 3.05) is 26.2 Å². The highest BCUT2D eigenvalue weighted by Gasteiger charge is 2.34. The Labute approximate surface area is 130 Å². The molecule has 1 saturated heterocycles. The molecule has 120 valence electrons. The van der Waals surface area contributed by atoms with Gasteiger partial charge >= 0.3 is 0 Å². The third-order valence-corrected chi connectivity index (χ3v) is 3.90. The zero-order chi connectivity index (χ0) is 16.1. The van der Waals surface area contributed by atoms with E-state index < -0.39 is 11.9 Å². The second-order valence-corrected chi connectivity index (χ2v) is 5.70. The molecule has 22 heavy (non-hydrogen) atoms.